The number of nitrogens with zero attached hydrogens (tertiary/aromatic N) is 3. The number of aromatic nitrogens is 2. The van der Waals surface area contributed by atoms with Crippen molar-refractivity contribution in [1.82, 2.24) is 10.2 Å². The topological polar surface area (TPSA) is 95.4 Å². The summed E-state index contributed by atoms with van der Waals surface area (Å²) in [6, 6.07) is 6.77. The van der Waals surface area contributed by atoms with Crippen molar-refractivity contribution in [2.24, 2.45) is 10.9 Å². The third-order valence-corrected chi connectivity index (χ3v) is 3.83. The van der Waals surface area contributed by atoms with Gasteiger partial charge >= 0.3 is 0 Å². The molecule has 6 heteroatoms. The quantitative estimate of drug-likeness (QED) is 0.540. The Morgan fingerprint density at radius 2 is 1.89 bits per heavy atom. The Morgan fingerprint density at radius 1 is 1.22 bits per heavy atom. The van der Waals surface area contributed by atoms with Crippen molar-refractivity contribution in [2.45, 2.75) is 27.7 Å². The predicted octanol–water partition coefficient (Wildman–Crippen LogP) is 4.89. The first kappa shape index (κ1) is 20.0. The first-order chi connectivity index (χ1) is 12.9. The Labute approximate surface area is 159 Å². The second-order valence-electron chi connectivity index (χ2n) is 6.15. The lowest BCUT2D eigenvalue weighted by Crippen LogP contribution is -2.21. The maximum atomic E-state index is 10.0. The van der Waals surface area contributed by atoms with Crippen molar-refractivity contribution in [2.75, 3.05) is 0 Å². The number of phenolic OH excluding ortho intramolecular Hbond substituents is 1. The molecule has 2 rings (SSSR count). The second-order valence-corrected chi connectivity index (χ2v) is 6.15. The van der Waals surface area contributed by atoms with E-state index in [-0.39, 0.29) is 29.0 Å². The molecule has 0 radical (unpaired) electrons. The number of aliphatic imine (C=N–C) groups is 1. The molecule has 1 heterocycles. The number of benzene rings is 1. The molecule has 0 aliphatic carbocycles. The Balaban J connectivity index is 2.51. The van der Waals surface area contributed by atoms with Gasteiger partial charge in [0, 0.05) is 11.1 Å². The molecule has 0 aliphatic rings. The largest absolute Gasteiger partial charge is 0.507 e. The molecule has 6 nitrogen and oxygen atoms in total. The molecule has 1 aromatic carbocycles. The van der Waals surface area contributed by atoms with Crippen LogP contribution in [0.1, 0.15) is 45.0 Å². The van der Waals surface area contributed by atoms with E-state index in [1.54, 1.807) is 24.3 Å². The second kappa shape index (κ2) is 8.89. The number of rotatable bonds is 7. The summed E-state index contributed by atoms with van der Waals surface area (Å²) in [6.07, 6.45) is 5.61. The van der Waals surface area contributed by atoms with Crippen LogP contribution >= 0.6 is 0 Å². The standard InChI is InChI=1S/C21H24N4O2/c1-6-10-15(7-2)20-24-25-21(27-20)19(18(22)13(3)4)23-14(5)16-11-8-9-12-17(16)26/h6-13,22,26H,5H2,1-4H3/b10-6?,15-7+,22-18?,23-19?. The molecule has 0 bridgehead atoms. The van der Waals surface area contributed by atoms with Crippen LogP contribution < -0.4 is 0 Å². The molecule has 0 unspecified atom stereocenters. The maximum Gasteiger partial charge on any atom is 0.268 e. The van der Waals surface area contributed by atoms with Crippen molar-refractivity contribution in [1.29, 1.82) is 5.41 Å². The van der Waals surface area contributed by atoms with Crippen LogP contribution in [-0.4, -0.2) is 26.7 Å². The molecule has 2 N–H and O–H groups in total. The average Bonchev–Trinajstić information content (AvgIpc) is 3.13. The molecule has 27 heavy (non-hydrogen) atoms. The number of hydrogen-bond acceptors (Lipinski definition) is 6. The summed E-state index contributed by atoms with van der Waals surface area (Å²) < 4.78 is 5.77. The van der Waals surface area contributed by atoms with E-state index in [2.05, 4.69) is 21.8 Å². The number of aromatic hydroxyl groups is 1. The lowest BCUT2D eigenvalue weighted by atomic mass is 10.0. The smallest absolute Gasteiger partial charge is 0.268 e. The van der Waals surface area contributed by atoms with Gasteiger partial charge in [0.15, 0.2) is 0 Å². The van der Waals surface area contributed by atoms with Crippen LogP contribution in [0.5, 0.6) is 5.75 Å². The van der Waals surface area contributed by atoms with Crippen LogP contribution in [0.25, 0.3) is 11.3 Å². The van der Waals surface area contributed by atoms with Crippen molar-refractivity contribution in [3.05, 3.63) is 66.4 Å². The molecule has 0 amide bonds. The van der Waals surface area contributed by atoms with E-state index in [9.17, 15) is 5.11 Å². The van der Waals surface area contributed by atoms with Gasteiger partial charge in [-0.1, -0.05) is 50.8 Å². The zero-order chi connectivity index (χ0) is 20.0. The minimum absolute atomic E-state index is 0.0668. The van der Waals surface area contributed by atoms with Gasteiger partial charge in [-0.15, -0.1) is 10.2 Å². The summed E-state index contributed by atoms with van der Waals surface area (Å²) in [5.41, 5.74) is 2.07. The van der Waals surface area contributed by atoms with Crippen LogP contribution in [0.3, 0.4) is 0 Å². The highest BCUT2D eigenvalue weighted by molar-refractivity contribution is 6.47. The van der Waals surface area contributed by atoms with Crippen molar-refractivity contribution < 1.29 is 9.52 Å². The first-order valence-corrected chi connectivity index (χ1v) is 8.67. The molecule has 140 valence electrons. The van der Waals surface area contributed by atoms with Crippen LogP contribution in [0.2, 0.25) is 0 Å². The Morgan fingerprint density at radius 3 is 2.48 bits per heavy atom. The third-order valence-electron chi connectivity index (χ3n) is 3.83. The van der Waals surface area contributed by atoms with E-state index in [0.29, 0.717) is 17.2 Å². The minimum Gasteiger partial charge on any atom is -0.507 e. The fraction of sp³-hybridized carbons (Fsp3) is 0.238. The highest BCUT2D eigenvalue weighted by Crippen LogP contribution is 2.25. The van der Waals surface area contributed by atoms with Gasteiger partial charge in [-0.05, 0) is 31.9 Å². The van der Waals surface area contributed by atoms with Gasteiger partial charge in [0.05, 0.1) is 11.4 Å². The molecule has 0 saturated heterocycles. The number of para-hydroxylation sites is 1. The fourth-order valence-corrected chi connectivity index (χ4v) is 2.32. The lowest BCUT2D eigenvalue weighted by molar-refractivity contribution is 0.473. The monoisotopic (exact) mass is 364 g/mol. The van der Waals surface area contributed by atoms with Crippen LogP contribution in [0.15, 0.2) is 58.5 Å². The van der Waals surface area contributed by atoms with E-state index >= 15 is 0 Å². The Kier molecular flexibility index (Phi) is 6.60. The highest BCUT2D eigenvalue weighted by atomic mass is 16.4. The number of hydrogen-bond donors (Lipinski definition) is 2. The van der Waals surface area contributed by atoms with Crippen molar-refractivity contribution in [3.63, 3.8) is 0 Å². The zero-order valence-electron chi connectivity index (χ0n) is 16.0. The summed E-state index contributed by atoms with van der Waals surface area (Å²) in [5, 5.41) is 26.6. The number of allylic oxidation sites excluding steroid dienone is 4. The molecular formula is C21H24N4O2. The van der Waals surface area contributed by atoms with Crippen LogP contribution in [-0.2, 0) is 0 Å². The Bertz CT molecular complexity index is 933. The predicted molar refractivity (Wildman–Crippen MR) is 109 cm³/mol. The molecular weight excluding hydrogens is 340 g/mol. The van der Waals surface area contributed by atoms with E-state index in [0.717, 1.165) is 5.57 Å². The Hall–Kier alpha value is -3.28. The van der Waals surface area contributed by atoms with Gasteiger partial charge in [-0.2, -0.15) is 0 Å². The summed E-state index contributed by atoms with van der Waals surface area (Å²) in [7, 11) is 0. The van der Waals surface area contributed by atoms with Gasteiger partial charge < -0.3 is 14.9 Å². The molecule has 1 aromatic heterocycles. The van der Waals surface area contributed by atoms with Crippen LogP contribution in [0.4, 0.5) is 0 Å². The van der Waals surface area contributed by atoms with Gasteiger partial charge in [0.1, 0.15) is 11.5 Å². The van der Waals surface area contributed by atoms with Gasteiger partial charge in [-0.3, -0.25) is 0 Å². The van der Waals surface area contributed by atoms with Gasteiger partial charge in [-0.25, -0.2) is 4.99 Å². The van der Waals surface area contributed by atoms with Crippen LogP contribution in [0, 0.1) is 11.3 Å². The molecule has 0 aliphatic heterocycles. The van der Waals surface area contributed by atoms with Crippen molar-refractivity contribution >= 4 is 22.7 Å². The minimum atomic E-state index is -0.104. The molecule has 0 fully saturated rings. The number of phenols is 1. The van der Waals surface area contributed by atoms with E-state index in [1.165, 1.54) is 0 Å². The lowest BCUT2D eigenvalue weighted by Gasteiger charge is -2.10. The average molecular weight is 364 g/mol. The van der Waals surface area contributed by atoms with Crippen molar-refractivity contribution in [3.8, 4) is 5.75 Å². The molecule has 0 saturated carbocycles. The molecule has 2 aromatic rings. The van der Waals surface area contributed by atoms with E-state index in [1.807, 2.05) is 45.9 Å². The van der Waals surface area contributed by atoms with E-state index in [4.69, 9.17) is 9.83 Å². The maximum absolute atomic E-state index is 10.0. The SMILES string of the molecule is C=C(N=C(C(=N)C(C)C)c1nnc(/C(C=CC)=C/C)o1)c1ccccc1O. The third kappa shape index (κ3) is 4.67. The molecule has 0 atom stereocenters. The first-order valence-electron chi connectivity index (χ1n) is 8.67. The summed E-state index contributed by atoms with van der Waals surface area (Å²) in [4.78, 5) is 4.45. The van der Waals surface area contributed by atoms with E-state index < -0.39 is 0 Å². The molecule has 0 spiro atoms. The normalized spacial score (nSPS) is 12.8. The zero-order valence-corrected chi connectivity index (χ0v) is 16.0. The summed E-state index contributed by atoms with van der Waals surface area (Å²) in [6.45, 7) is 11.5. The summed E-state index contributed by atoms with van der Waals surface area (Å²) in [5.74, 6) is 0.456. The summed E-state index contributed by atoms with van der Waals surface area (Å²) >= 11 is 0. The highest BCUT2D eigenvalue weighted by Gasteiger charge is 2.21. The fourth-order valence-electron chi connectivity index (χ4n) is 2.32. The van der Waals surface area contributed by atoms with Gasteiger partial charge in [0.2, 0.25) is 5.89 Å². The van der Waals surface area contributed by atoms with Gasteiger partial charge in [0.25, 0.3) is 5.89 Å². The number of nitrogens with one attached hydrogen (secondary N) is 1.